The number of thioether (sulfide) groups is 1. The molecule has 29 heavy (non-hydrogen) atoms. The first kappa shape index (κ1) is 20.6. The number of anilines is 1. The van der Waals surface area contributed by atoms with Gasteiger partial charge in [-0.15, -0.1) is 10.2 Å². The highest BCUT2D eigenvalue weighted by molar-refractivity contribution is 7.98. The zero-order valence-electron chi connectivity index (χ0n) is 15.9. The molecule has 10 nitrogen and oxygen atoms in total. The van der Waals surface area contributed by atoms with Gasteiger partial charge in [0.15, 0.2) is 10.9 Å². The fourth-order valence-corrected chi connectivity index (χ4v) is 3.15. The summed E-state index contributed by atoms with van der Waals surface area (Å²) in [6.45, 7) is -0.158. The molecule has 0 atom stereocenters. The number of para-hydroxylation sites is 1. The fourth-order valence-electron chi connectivity index (χ4n) is 2.83. The topological polar surface area (TPSA) is 124 Å². The molecule has 0 aliphatic carbocycles. The van der Waals surface area contributed by atoms with Crippen molar-refractivity contribution in [2.45, 2.75) is 5.16 Å². The molecule has 0 bridgehead atoms. The minimum absolute atomic E-state index is 0.0122. The molecule has 152 valence electrons. The maximum absolute atomic E-state index is 12.5. The van der Waals surface area contributed by atoms with Crippen molar-refractivity contribution in [1.29, 1.82) is 0 Å². The molecule has 0 saturated carbocycles. The third-order valence-corrected chi connectivity index (χ3v) is 4.72. The third kappa shape index (κ3) is 4.00. The van der Waals surface area contributed by atoms with Crippen LogP contribution in [0.15, 0.2) is 45.5 Å². The highest BCUT2D eigenvalue weighted by atomic mass is 32.2. The van der Waals surface area contributed by atoms with Crippen LogP contribution in [0.5, 0.6) is 0 Å². The molecular formula is C18H18N4O6S. The van der Waals surface area contributed by atoms with Gasteiger partial charge in [-0.3, -0.25) is 9.78 Å². The Labute approximate surface area is 169 Å². The number of nitrogens with one attached hydrogen (secondary N) is 1. The van der Waals surface area contributed by atoms with Gasteiger partial charge in [0.05, 0.1) is 32.1 Å². The number of carbonyl (C=O) groups excluding carboxylic acids is 2. The predicted molar refractivity (Wildman–Crippen MR) is 104 cm³/mol. The second-order valence-corrected chi connectivity index (χ2v) is 6.54. The number of aromatic nitrogens is 3. The maximum atomic E-state index is 12.5. The Hall–Kier alpha value is -3.18. The van der Waals surface area contributed by atoms with Crippen molar-refractivity contribution in [3.05, 3.63) is 45.9 Å². The van der Waals surface area contributed by atoms with Crippen LogP contribution in [-0.4, -0.2) is 60.9 Å². The number of ether oxygens (including phenoxy) is 3. The number of esters is 2. The Morgan fingerprint density at radius 2 is 1.90 bits per heavy atom. The second-order valence-electron chi connectivity index (χ2n) is 5.75. The number of methoxy groups -OCH3 is 2. The Bertz CT molecular complexity index is 1040. The minimum Gasteiger partial charge on any atom is -0.466 e. The highest BCUT2D eigenvalue weighted by Crippen LogP contribution is 2.33. The number of benzene rings is 1. The van der Waals surface area contributed by atoms with Crippen LogP contribution in [-0.2, 0) is 23.8 Å². The monoisotopic (exact) mass is 418 g/mol. The molecule has 0 radical (unpaired) electrons. The van der Waals surface area contributed by atoms with Crippen LogP contribution < -0.4 is 10.5 Å². The number of nitrogens with zero attached hydrogens (tertiary/aromatic N) is 3. The van der Waals surface area contributed by atoms with Gasteiger partial charge < -0.3 is 19.1 Å². The maximum Gasteiger partial charge on any atom is 0.355 e. The molecule has 0 unspecified atom stereocenters. The zero-order chi connectivity index (χ0) is 21.0. The van der Waals surface area contributed by atoms with Gasteiger partial charge in [0.25, 0.3) is 5.56 Å². The average Bonchev–Trinajstić information content (AvgIpc) is 2.77. The quantitative estimate of drug-likeness (QED) is 0.554. The first-order valence-electron chi connectivity index (χ1n) is 8.37. The lowest BCUT2D eigenvalue weighted by Crippen LogP contribution is -2.39. The van der Waals surface area contributed by atoms with E-state index in [1.807, 2.05) is 0 Å². The van der Waals surface area contributed by atoms with Crippen molar-refractivity contribution in [3.8, 4) is 11.3 Å². The molecule has 1 aliphatic rings. The van der Waals surface area contributed by atoms with E-state index < -0.39 is 17.5 Å². The smallest absolute Gasteiger partial charge is 0.355 e. The van der Waals surface area contributed by atoms with Gasteiger partial charge in [0.2, 0.25) is 0 Å². The van der Waals surface area contributed by atoms with Crippen molar-refractivity contribution < 1.29 is 23.8 Å². The Morgan fingerprint density at radius 1 is 1.17 bits per heavy atom. The lowest BCUT2D eigenvalue weighted by molar-refractivity contribution is -0.140. The van der Waals surface area contributed by atoms with Crippen molar-refractivity contribution in [1.82, 2.24) is 15.2 Å². The zero-order valence-corrected chi connectivity index (χ0v) is 16.7. The molecule has 2 heterocycles. The molecule has 1 aliphatic heterocycles. The molecule has 0 spiro atoms. The summed E-state index contributed by atoms with van der Waals surface area (Å²) < 4.78 is 15.1. The number of H-pyrrole nitrogens is 1. The van der Waals surface area contributed by atoms with E-state index in [1.165, 1.54) is 30.9 Å². The molecule has 0 saturated heterocycles. The summed E-state index contributed by atoms with van der Waals surface area (Å²) in [4.78, 5) is 41.3. The number of hydrogen-bond acceptors (Lipinski definition) is 10. The molecule has 0 amide bonds. The summed E-state index contributed by atoms with van der Waals surface area (Å²) in [5.74, 6) is -1.45. The van der Waals surface area contributed by atoms with Crippen molar-refractivity contribution in [3.63, 3.8) is 0 Å². The van der Waals surface area contributed by atoms with Crippen LogP contribution in [0.25, 0.3) is 11.3 Å². The van der Waals surface area contributed by atoms with Crippen LogP contribution in [0.1, 0.15) is 0 Å². The van der Waals surface area contributed by atoms with Gasteiger partial charge in [-0.1, -0.05) is 30.0 Å². The molecule has 11 heteroatoms. The molecule has 2 aromatic rings. The highest BCUT2D eigenvalue weighted by Gasteiger charge is 2.33. The van der Waals surface area contributed by atoms with Crippen LogP contribution >= 0.6 is 11.8 Å². The first-order chi connectivity index (χ1) is 14.0. The third-order valence-electron chi connectivity index (χ3n) is 4.15. The van der Waals surface area contributed by atoms with Gasteiger partial charge >= 0.3 is 11.9 Å². The van der Waals surface area contributed by atoms with Crippen molar-refractivity contribution in [2.24, 2.45) is 0 Å². The van der Waals surface area contributed by atoms with E-state index in [0.717, 1.165) is 0 Å². The largest absolute Gasteiger partial charge is 0.466 e. The first-order valence-corrected chi connectivity index (χ1v) is 9.59. The van der Waals surface area contributed by atoms with Crippen LogP contribution in [0.4, 0.5) is 5.69 Å². The lowest BCUT2D eigenvalue weighted by atomic mass is 10.1. The van der Waals surface area contributed by atoms with Gasteiger partial charge in [0.1, 0.15) is 12.4 Å². The molecular weight excluding hydrogens is 400 g/mol. The summed E-state index contributed by atoms with van der Waals surface area (Å²) in [5, 5.41) is 8.38. The Kier molecular flexibility index (Phi) is 6.29. The van der Waals surface area contributed by atoms with E-state index in [2.05, 4.69) is 15.2 Å². The van der Waals surface area contributed by atoms with Crippen LogP contribution in [0, 0.1) is 0 Å². The number of aromatic amines is 1. The predicted octanol–water partition coefficient (Wildman–Crippen LogP) is 0.948. The van der Waals surface area contributed by atoms with Gasteiger partial charge in [-0.05, 0) is 12.3 Å². The van der Waals surface area contributed by atoms with Crippen LogP contribution in [0.3, 0.4) is 0 Å². The molecule has 1 aromatic carbocycles. The van der Waals surface area contributed by atoms with Crippen molar-refractivity contribution >= 4 is 29.4 Å². The number of carbonyl (C=O) groups is 2. The summed E-state index contributed by atoms with van der Waals surface area (Å²) in [6.07, 6.45) is 1.76. The Balaban J connectivity index is 2.19. The lowest BCUT2D eigenvalue weighted by Gasteiger charge is -2.32. The molecule has 3 rings (SSSR count). The standard InChI is InChI=1S/C18H18N4O6S/c1-26-16(24)11-8-28-9-22(14(11)17(25)27-2)12-7-5-4-6-10(12)13-15(23)19-18(29-3)21-20-13/h4-7H,8-9H2,1-3H3,(H,19,21,23). The summed E-state index contributed by atoms with van der Waals surface area (Å²) in [7, 11) is 2.42. The van der Waals surface area contributed by atoms with Gasteiger partial charge in [-0.25, -0.2) is 9.59 Å². The van der Waals surface area contributed by atoms with Crippen LogP contribution in [0.2, 0.25) is 0 Å². The van der Waals surface area contributed by atoms with E-state index in [1.54, 1.807) is 30.5 Å². The van der Waals surface area contributed by atoms with Gasteiger partial charge in [-0.2, -0.15) is 0 Å². The molecule has 1 aromatic heterocycles. The SMILES string of the molecule is COC(=O)C1=C(C(=O)OC)N(c2ccccc2-c2nnc(SC)[nH]c2=O)COC1. The fraction of sp³-hybridized carbons (Fsp3) is 0.278. The summed E-state index contributed by atoms with van der Waals surface area (Å²) in [6, 6.07) is 6.77. The Morgan fingerprint density at radius 3 is 2.55 bits per heavy atom. The van der Waals surface area contributed by atoms with Gasteiger partial charge in [0, 0.05) is 5.56 Å². The van der Waals surface area contributed by atoms with E-state index in [0.29, 0.717) is 16.4 Å². The van der Waals surface area contributed by atoms with E-state index in [-0.39, 0.29) is 30.3 Å². The molecule has 0 fully saturated rings. The molecule has 1 N–H and O–H groups in total. The second kappa shape index (κ2) is 8.88. The summed E-state index contributed by atoms with van der Waals surface area (Å²) in [5.41, 5.74) is 0.441. The van der Waals surface area contributed by atoms with E-state index in [9.17, 15) is 14.4 Å². The summed E-state index contributed by atoms with van der Waals surface area (Å²) >= 11 is 1.25. The van der Waals surface area contributed by atoms with E-state index in [4.69, 9.17) is 14.2 Å². The number of hydrogen-bond donors (Lipinski definition) is 1. The number of rotatable bonds is 5. The van der Waals surface area contributed by atoms with Crippen molar-refractivity contribution in [2.75, 3.05) is 38.7 Å². The average molecular weight is 418 g/mol. The normalized spacial score (nSPS) is 14.0. The van der Waals surface area contributed by atoms with E-state index >= 15 is 0 Å². The minimum atomic E-state index is -0.735.